The zero-order chi connectivity index (χ0) is 11.1. The highest BCUT2D eigenvalue weighted by molar-refractivity contribution is 7.16. The van der Waals surface area contributed by atoms with Gasteiger partial charge in [0.05, 0.1) is 5.56 Å². The standard InChI is InChI=1S/C12H15N3S/c13-6-10-9-2-1-3-11(9)16-12(10)15-5-4-8(14)7-15/h8H,1-5,7,14H2/t8-/m0/s1. The van der Waals surface area contributed by atoms with Crippen LogP contribution in [0.1, 0.15) is 28.8 Å². The first-order chi connectivity index (χ1) is 7.79. The van der Waals surface area contributed by atoms with Crippen LogP contribution in [-0.4, -0.2) is 19.1 Å². The minimum atomic E-state index is 0.281. The van der Waals surface area contributed by atoms with Gasteiger partial charge in [-0.25, -0.2) is 0 Å². The van der Waals surface area contributed by atoms with Crippen molar-refractivity contribution in [3.63, 3.8) is 0 Å². The van der Waals surface area contributed by atoms with Gasteiger partial charge in [0.2, 0.25) is 0 Å². The molecule has 1 aliphatic carbocycles. The lowest BCUT2D eigenvalue weighted by Crippen LogP contribution is -2.26. The Morgan fingerprint density at radius 2 is 2.31 bits per heavy atom. The van der Waals surface area contributed by atoms with Crippen LogP contribution in [0.2, 0.25) is 0 Å². The predicted octanol–water partition coefficient (Wildman–Crippen LogP) is 1.65. The van der Waals surface area contributed by atoms with Crippen LogP contribution in [-0.2, 0) is 12.8 Å². The maximum absolute atomic E-state index is 9.30. The zero-order valence-corrected chi connectivity index (χ0v) is 10.0. The zero-order valence-electron chi connectivity index (χ0n) is 9.20. The normalized spacial score (nSPS) is 23.5. The van der Waals surface area contributed by atoms with Gasteiger partial charge < -0.3 is 10.6 Å². The molecule has 0 bridgehead atoms. The molecule has 0 unspecified atom stereocenters. The Labute approximate surface area is 99.5 Å². The van der Waals surface area contributed by atoms with E-state index in [0.717, 1.165) is 37.9 Å². The van der Waals surface area contributed by atoms with Crippen LogP contribution in [0.25, 0.3) is 0 Å². The molecular formula is C12H15N3S. The molecule has 16 heavy (non-hydrogen) atoms. The van der Waals surface area contributed by atoms with Crippen molar-refractivity contribution < 1.29 is 0 Å². The van der Waals surface area contributed by atoms with Gasteiger partial charge >= 0.3 is 0 Å². The van der Waals surface area contributed by atoms with E-state index >= 15 is 0 Å². The summed E-state index contributed by atoms with van der Waals surface area (Å²) in [5.74, 6) is 0. The van der Waals surface area contributed by atoms with Gasteiger partial charge in [-0.3, -0.25) is 0 Å². The minimum absolute atomic E-state index is 0.281. The van der Waals surface area contributed by atoms with Crippen LogP contribution in [0.5, 0.6) is 0 Å². The Morgan fingerprint density at radius 3 is 3.00 bits per heavy atom. The number of nitrogens with zero attached hydrogens (tertiary/aromatic N) is 2. The molecule has 2 heterocycles. The summed E-state index contributed by atoms with van der Waals surface area (Å²) in [6.07, 6.45) is 4.52. The molecule has 1 atom stereocenters. The summed E-state index contributed by atoms with van der Waals surface area (Å²) in [4.78, 5) is 3.73. The van der Waals surface area contributed by atoms with Gasteiger partial charge in [-0.15, -0.1) is 11.3 Å². The Hall–Kier alpha value is -1.05. The lowest BCUT2D eigenvalue weighted by Gasteiger charge is -2.16. The molecule has 2 aliphatic rings. The summed E-state index contributed by atoms with van der Waals surface area (Å²) in [5, 5.41) is 10.5. The van der Waals surface area contributed by atoms with E-state index in [-0.39, 0.29) is 6.04 Å². The monoisotopic (exact) mass is 233 g/mol. The summed E-state index contributed by atoms with van der Waals surface area (Å²) in [5.41, 5.74) is 8.18. The van der Waals surface area contributed by atoms with Gasteiger partial charge in [0.25, 0.3) is 0 Å². The summed E-state index contributed by atoms with van der Waals surface area (Å²) < 4.78 is 0. The third-order valence-electron chi connectivity index (χ3n) is 3.53. The molecule has 0 amide bonds. The fraction of sp³-hybridized carbons (Fsp3) is 0.583. The third-order valence-corrected chi connectivity index (χ3v) is 4.88. The molecule has 84 valence electrons. The topological polar surface area (TPSA) is 53.0 Å². The van der Waals surface area contributed by atoms with Crippen molar-refractivity contribution in [1.29, 1.82) is 5.26 Å². The Kier molecular flexibility index (Phi) is 2.38. The second kappa shape index (κ2) is 3.76. The molecule has 1 fully saturated rings. The summed E-state index contributed by atoms with van der Waals surface area (Å²) in [6, 6.07) is 2.68. The van der Waals surface area contributed by atoms with Gasteiger partial charge in [-0.05, 0) is 31.2 Å². The lowest BCUT2D eigenvalue weighted by molar-refractivity contribution is 0.752. The fourth-order valence-corrected chi connectivity index (χ4v) is 4.07. The van der Waals surface area contributed by atoms with E-state index in [1.807, 2.05) is 11.3 Å². The number of hydrogen-bond donors (Lipinski definition) is 1. The van der Waals surface area contributed by atoms with E-state index < -0.39 is 0 Å². The van der Waals surface area contributed by atoms with E-state index in [1.165, 1.54) is 21.9 Å². The number of thiophene rings is 1. The Balaban J connectivity index is 1.99. The summed E-state index contributed by atoms with van der Waals surface area (Å²) >= 11 is 1.82. The van der Waals surface area contributed by atoms with Crippen molar-refractivity contribution in [3.8, 4) is 6.07 Å². The molecule has 1 saturated heterocycles. The van der Waals surface area contributed by atoms with E-state index in [4.69, 9.17) is 5.73 Å². The molecule has 3 rings (SSSR count). The average molecular weight is 233 g/mol. The molecular weight excluding hydrogens is 218 g/mol. The maximum Gasteiger partial charge on any atom is 0.110 e. The van der Waals surface area contributed by atoms with Gasteiger partial charge in [-0.2, -0.15) is 5.26 Å². The molecule has 0 radical (unpaired) electrons. The van der Waals surface area contributed by atoms with Crippen LogP contribution in [0.3, 0.4) is 0 Å². The van der Waals surface area contributed by atoms with E-state index in [2.05, 4.69) is 11.0 Å². The predicted molar refractivity (Wildman–Crippen MR) is 65.9 cm³/mol. The first-order valence-electron chi connectivity index (χ1n) is 5.84. The van der Waals surface area contributed by atoms with E-state index in [0.29, 0.717) is 0 Å². The highest BCUT2D eigenvalue weighted by Crippen LogP contribution is 2.41. The molecule has 2 N–H and O–H groups in total. The Bertz CT molecular complexity index is 458. The van der Waals surface area contributed by atoms with Gasteiger partial charge in [-0.1, -0.05) is 0 Å². The second-order valence-corrected chi connectivity index (χ2v) is 5.73. The summed E-state index contributed by atoms with van der Waals surface area (Å²) in [6.45, 7) is 1.92. The molecule has 1 aromatic heterocycles. The van der Waals surface area contributed by atoms with Crippen molar-refractivity contribution in [1.82, 2.24) is 0 Å². The minimum Gasteiger partial charge on any atom is -0.361 e. The molecule has 1 aliphatic heterocycles. The quantitative estimate of drug-likeness (QED) is 0.802. The third kappa shape index (κ3) is 1.43. The first kappa shape index (κ1) is 10.1. The van der Waals surface area contributed by atoms with Crippen molar-refractivity contribution in [3.05, 3.63) is 16.0 Å². The lowest BCUT2D eigenvalue weighted by atomic mass is 10.1. The van der Waals surface area contributed by atoms with Crippen molar-refractivity contribution in [2.24, 2.45) is 5.73 Å². The van der Waals surface area contributed by atoms with Crippen molar-refractivity contribution in [2.75, 3.05) is 18.0 Å². The fourth-order valence-electron chi connectivity index (χ4n) is 2.70. The van der Waals surface area contributed by atoms with Crippen LogP contribution >= 0.6 is 11.3 Å². The molecule has 1 aromatic rings. The SMILES string of the molecule is N#Cc1c(N2CC[C@H](N)C2)sc2c1CCC2. The van der Waals surface area contributed by atoms with Gasteiger partial charge in [0.15, 0.2) is 0 Å². The molecule has 0 aromatic carbocycles. The second-order valence-electron chi connectivity index (χ2n) is 4.64. The number of fused-ring (bicyclic) bond motifs is 1. The molecule has 4 heteroatoms. The van der Waals surface area contributed by atoms with Crippen LogP contribution in [0, 0.1) is 11.3 Å². The number of nitrogens with two attached hydrogens (primary N) is 1. The number of aryl methyl sites for hydroxylation is 1. The van der Waals surface area contributed by atoms with E-state index in [1.54, 1.807) is 0 Å². The molecule has 3 nitrogen and oxygen atoms in total. The number of rotatable bonds is 1. The number of anilines is 1. The first-order valence-corrected chi connectivity index (χ1v) is 6.66. The number of nitriles is 1. The van der Waals surface area contributed by atoms with Gasteiger partial charge in [0.1, 0.15) is 11.1 Å². The van der Waals surface area contributed by atoms with Crippen molar-refractivity contribution in [2.45, 2.75) is 31.7 Å². The smallest absolute Gasteiger partial charge is 0.110 e. The molecule has 0 saturated carbocycles. The highest BCUT2D eigenvalue weighted by Gasteiger charge is 2.28. The molecule has 0 spiro atoms. The van der Waals surface area contributed by atoms with Crippen LogP contribution < -0.4 is 10.6 Å². The van der Waals surface area contributed by atoms with Crippen LogP contribution in [0.15, 0.2) is 0 Å². The van der Waals surface area contributed by atoms with E-state index in [9.17, 15) is 5.26 Å². The Morgan fingerprint density at radius 1 is 1.44 bits per heavy atom. The van der Waals surface area contributed by atoms with Crippen LogP contribution in [0.4, 0.5) is 5.00 Å². The largest absolute Gasteiger partial charge is 0.361 e. The average Bonchev–Trinajstić information content (AvgIpc) is 2.90. The number of hydrogen-bond acceptors (Lipinski definition) is 4. The van der Waals surface area contributed by atoms with Gasteiger partial charge in [0, 0.05) is 24.0 Å². The highest BCUT2D eigenvalue weighted by atomic mass is 32.1. The van der Waals surface area contributed by atoms with Crippen molar-refractivity contribution >= 4 is 16.3 Å². The maximum atomic E-state index is 9.30. The summed E-state index contributed by atoms with van der Waals surface area (Å²) in [7, 11) is 0.